The van der Waals surface area contributed by atoms with E-state index in [0.717, 1.165) is 23.2 Å². The number of anilines is 1. The van der Waals surface area contributed by atoms with Crippen LogP contribution in [-0.2, 0) is 4.79 Å². The highest BCUT2D eigenvalue weighted by molar-refractivity contribution is 8.19. The highest BCUT2D eigenvalue weighted by Gasteiger charge is 2.35. The average molecular weight is 380 g/mol. The summed E-state index contributed by atoms with van der Waals surface area (Å²) in [5.74, 6) is -1.09. The van der Waals surface area contributed by atoms with E-state index in [1.807, 2.05) is 38.1 Å². The molecule has 0 radical (unpaired) electrons. The highest BCUT2D eigenvalue weighted by Crippen LogP contribution is 2.37. The van der Waals surface area contributed by atoms with E-state index in [0.29, 0.717) is 16.6 Å². The molecule has 1 aliphatic rings. The Morgan fingerprint density at radius 1 is 1.19 bits per heavy atom. The Kier molecular flexibility index (Phi) is 5.76. The molecule has 27 heavy (non-hydrogen) atoms. The summed E-state index contributed by atoms with van der Waals surface area (Å²) in [6, 6.07) is 14.2. The van der Waals surface area contributed by atoms with Crippen LogP contribution in [0.2, 0.25) is 0 Å². The molecule has 0 unspecified atom stereocenters. The molecular formula is C21H20N2O3S. The van der Waals surface area contributed by atoms with Crippen LogP contribution < -0.4 is 4.90 Å². The number of benzene rings is 2. The fraction of sp³-hybridized carbons (Fsp3) is 0.190. The first kappa shape index (κ1) is 18.9. The van der Waals surface area contributed by atoms with E-state index in [9.17, 15) is 9.59 Å². The number of thioether (sulfide) groups is 1. The molecule has 0 aromatic heterocycles. The Bertz CT molecular complexity index is 933. The Morgan fingerprint density at radius 3 is 2.52 bits per heavy atom. The lowest BCUT2D eigenvalue weighted by Gasteiger charge is -2.17. The van der Waals surface area contributed by atoms with Gasteiger partial charge in [0.2, 0.25) is 0 Å². The summed E-state index contributed by atoms with van der Waals surface area (Å²) in [4.78, 5) is 30.9. The molecule has 1 saturated heterocycles. The second kappa shape index (κ2) is 8.22. The number of aliphatic imine (C=N–C) groups is 1. The van der Waals surface area contributed by atoms with Crippen molar-refractivity contribution in [2.24, 2.45) is 4.99 Å². The van der Waals surface area contributed by atoms with Gasteiger partial charge in [-0.2, -0.15) is 0 Å². The molecule has 0 saturated carbocycles. The van der Waals surface area contributed by atoms with E-state index in [4.69, 9.17) is 5.11 Å². The Labute approximate surface area is 162 Å². The van der Waals surface area contributed by atoms with Crippen molar-refractivity contribution in [3.05, 3.63) is 70.1 Å². The third kappa shape index (κ3) is 4.11. The molecule has 1 N–H and O–H groups in total. The van der Waals surface area contributed by atoms with Crippen molar-refractivity contribution in [2.45, 2.75) is 20.3 Å². The lowest BCUT2D eigenvalue weighted by Crippen LogP contribution is -2.29. The maximum absolute atomic E-state index is 13.1. The van der Waals surface area contributed by atoms with Crippen molar-refractivity contribution in [3.63, 3.8) is 0 Å². The van der Waals surface area contributed by atoms with Crippen LogP contribution in [0.1, 0.15) is 34.8 Å². The van der Waals surface area contributed by atoms with Crippen molar-refractivity contribution >= 4 is 40.6 Å². The van der Waals surface area contributed by atoms with Crippen LogP contribution in [0.5, 0.6) is 0 Å². The minimum absolute atomic E-state index is 0.119. The maximum atomic E-state index is 13.1. The Hall–Kier alpha value is -2.86. The van der Waals surface area contributed by atoms with Crippen molar-refractivity contribution in [3.8, 4) is 0 Å². The number of hydrogen-bond acceptors (Lipinski definition) is 4. The van der Waals surface area contributed by atoms with E-state index in [-0.39, 0.29) is 11.5 Å². The third-order valence-corrected chi connectivity index (χ3v) is 5.10. The van der Waals surface area contributed by atoms with Gasteiger partial charge in [0, 0.05) is 6.54 Å². The van der Waals surface area contributed by atoms with Crippen LogP contribution >= 0.6 is 11.8 Å². The quantitative estimate of drug-likeness (QED) is 0.771. The number of nitrogens with zero attached hydrogens (tertiary/aromatic N) is 2. The van der Waals surface area contributed by atoms with E-state index in [1.165, 1.54) is 23.9 Å². The molecule has 0 spiro atoms. The summed E-state index contributed by atoms with van der Waals surface area (Å²) in [7, 11) is 0. The fourth-order valence-corrected chi connectivity index (χ4v) is 3.69. The zero-order valence-corrected chi connectivity index (χ0v) is 16.0. The van der Waals surface area contributed by atoms with Crippen LogP contribution in [0, 0.1) is 6.92 Å². The van der Waals surface area contributed by atoms with Crippen molar-refractivity contribution in [1.82, 2.24) is 0 Å². The predicted molar refractivity (Wildman–Crippen MR) is 110 cm³/mol. The minimum Gasteiger partial charge on any atom is -0.478 e. The first-order valence-electron chi connectivity index (χ1n) is 8.68. The summed E-state index contributed by atoms with van der Waals surface area (Å²) in [6.45, 7) is 4.67. The Morgan fingerprint density at radius 2 is 1.89 bits per heavy atom. The van der Waals surface area contributed by atoms with Crippen LogP contribution in [0.15, 0.2) is 58.4 Å². The first-order valence-corrected chi connectivity index (χ1v) is 9.50. The van der Waals surface area contributed by atoms with Crippen LogP contribution in [0.25, 0.3) is 6.08 Å². The zero-order chi connectivity index (χ0) is 19.4. The van der Waals surface area contributed by atoms with Crippen molar-refractivity contribution in [1.29, 1.82) is 0 Å². The predicted octanol–water partition coefficient (Wildman–Crippen LogP) is 4.58. The molecule has 3 rings (SSSR count). The molecule has 2 aromatic rings. The molecule has 0 atom stereocenters. The van der Waals surface area contributed by atoms with E-state index < -0.39 is 5.97 Å². The number of carbonyl (C=O) groups is 2. The molecule has 138 valence electrons. The van der Waals surface area contributed by atoms with Gasteiger partial charge in [-0.3, -0.25) is 14.7 Å². The number of carbonyl (C=O) groups excluding carboxylic acids is 1. The smallest absolute Gasteiger partial charge is 0.335 e. The number of rotatable bonds is 5. The van der Waals surface area contributed by atoms with Gasteiger partial charge in [-0.15, -0.1) is 0 Å². The minimum atomic E-state index is -0.972. The van der Waals surface area contributed by atoms with E-state index in [1.54, 1.807) is 23.1 Å². The van der Waals surface area contributed by atoms with Gasteiger partial charge in [0.25, 0.3) is 5.91 Å². The summed E-state index contributed by atoms with van der Waals surface area (Å²) in [5, 5.41) is 9.68. The van der Waals surface area contributed by atoms with Gasteiger partial charge in [-0.05, 0) is 60.5 Å². The summed E-state index contributed by atoms with van der Waals surface area (Å²) in [6.07, 6.45) is 2.67. The average Bonchev–Trinajstić information content (AvgIpc) is 2.96. The second-order valence-electron chi connectivity index (χ2n) is 6.13. The highest BCUT2D eigenvalue weighted by atomic mass is 32.2. The molecule has 6 heteroatoms. The van der Waals surface area contributed by atoms with Crippen LogP contribution in [0.3, 0.4) is 0 Å². The van der Waals surface area contributed by atoms with E-state index in [2.05, 4.69) is 4.99 Å². The molecule has 0 aliphatic carbocycles. The fourth-order valence-electron chi connectivity index (χ4n) is 2.69. The Balaban J connectivity index is 1.97. The number of aryl methyl sites for hydroxylation is 1. The summed E-state index contributed by atoms with van der Waals surface area (Å²) in [5.41, 5.74) is 2.82. The molecule has 1 amide bonds. The van der Waals surface area contributed by atoms with Crippen molar-refractivity contribution in [2.75, 3.05) is 11.4 Å². The standard InChI is InChI=1S/C21H20N2O3S/c1-3-12-22-21-23(17-7-5-4-6-14(17)2)19(24)18(27-21)13-15-8-10-16(11-9-15)20(25)26/h4-11,13H,3,12H2,1-2H3,(H,25,26)/b18-13-,22-21?. The monoisotopic (exact) mass is 380 g/mol. The zero-order valence-electron chi connectivity index (χ0n) is 15.2. The van der Waals surface area contributed by atoms with Gasteiger partial charge < -0.3 is 5.11 Å². The number of amidine groups is 1. The number of carboxylic acid groups (broad SMARTS) is 1. The summed E-state index contributed by atoms with van der Waals surface area (Å²) < 4.78 is 0. The normalized spacial score (nSPS) is 17.1. The molecule has 5 nitrogen and oxygen atoms in total. The largest absolute Gasteiger partial charge is 0.478 e. The SMILES string of the molecule is CCCN=C1S/C(=C\c2ccc(C(=O)O)cc2)C(=O)N1c1ccccc1C. The van der Waals surface area contributed by atoms with Gasteiger partial charge in [-0.25, -0.2) is 4.79 Å². The molecule has 1 fully saturated rings. The first-order chi connectivity index (χ1) is 13.0. The lowest BCUT2D eigenvalue weighted by molar-refractivity contribution is -0.113. The summed E-state index contributed by atoms with van der Waals surface area (Å²) >= 11 is 1.35. The number of aromatic carboxylic acids is 1. The maximum Gasteiger partial charge on any atom is 0.335 e. The van der Waals surface area contributed by atoms with Crippen LogP contribution in [0.4, 0.5) is 5.69 Å². The molecule has 0 bridgehead atoms. The lowest BCUT2D eigenvalue weighted by atomic mass is 10.1. The molecule has 1 aliphatic heterocycles. The van der Waals surface area contributed by atoms with Gasteiger partial charge in [0.05, 0.1) is 16.2 Å². The molecule has 1 heterocycles. The van der Waals surface area contributed by atoms with Gasteiger partial charge >= 0.3 is 5.97 Å². The third-order valence-electron chi connectivity index (χ3n) is 4.09. The molecular weight excluding hydrogens is 360 g/mol. The number of hydrogen-bond donors (Lipinski definition) is 1. The van der Waals surface area contributed by atoms with Crippen LogP contribution in [-0.4, -0.2) is 28.7 Å². The number of para-hydroxylation sites is 1. The van der Waals surface area contributed by atoms with Crippen molar-refractivity contribution < 1.29 is 14.7 Å². The second-order valence-corrected chi connectivity index (χ2v) is 7.14. The topological polar surface area (TPSA) is 70.0 Å². The van der Waals surface area contributed by atoms with E-state index >= 15 is 0 Å². The van der Waals surface area contributed by atoms with Gasteiger partial charge in [0.15, 0.2) is 5.17 Å². The molecule has 2 aromatic carbocycles. The van der Waals surface area contributed by atoms with Gasteiger partial charge in [0.1, 0.15) is 0 Å². The number of carboxylic acids is 1. The number of amides is 1. The van der Waals surface area contributed by atoms with Gasteiger partial charge in [-0.1, -0.05) is 37.3 Å².